The summed E-state index contributed by atoms with van der Waals surface area (Å²) in [6.07, 6.45) is 5.42. The number of benzene rings is 1. The van der Waals surface area contributed by atoms with Crippen LogP contribution in [0.4, 0.5) is 0 Å². The van der Waals surface area contributed by atoms with Gasteiger partial charge in [-0.05, 0) is 44.2 Å². The van der Waals surface area contributed by atoms with Crippen LogP contribution in [0.5, 0.6) is 5.75 Å². The van der Waals surface area contributed by atoms with Gasteiger partial charge >= 0.3 is 37.9 Å². The van der Waals surface area contributed by atoms with Crippen molar-refractivity contribution in [1.29, 1.82) is 0 Å². The van der Waals surface area contributed by atoms with E-state index in [1.165, 1.54) is 12.8 Å². The molecule has 0 heterocycles. The van der Waals surface area contributed by atoms with E-state index in [2.05, 4.69) is 25.8 Å². The summed E-state index contributed by atoms with van der Waals surface area (Å²) in [5, 5.41) is 10.0. The van der Waals surface area contributed by atoms with E-state index < -0.39 is 20.8 Å². The third-order valence-electron chi connectivity index (χ3n) is 3.50. The van der Waals surface area contributed by atoms with Crippen LogP contribution in [0.3, 0.4) is 0 Å². The number of nitrogens with zero attached hydrogens (tertiary/aromatic N) is 1. The Kier molecular flexibility index (Phi) is 12.6. The van der Waals surface area contributed by atoms with Gasteiger partial charge < -0.3 is 5.11 Å². The molecule has 1 unspecified atom stereocenters. The fourth-order valence-corrected chi connectivity index (χ4v) is 2.08. The van der Waals surface area contributed by atoms with E-state index in [0.29, 0.717) is 11.8 Å². The van der Waals surface area contributed by atoms with Crippen LogP contribution in [0.25, 0.3) is 0 Å². The van der Waals surface area contributed by atoms with Gasteiger partial charge in [-0.3, -0.25) is 4.99 Å². The molecule has 1 atom stereocenters. The van der Waals surface area contributed by atoms with E-state index in [9.17, 15) is 5.11 Å². The van der Waals surface area contributed by atoms with Crippen molar-refractivity contribution in [3.63, 3.8) is 0 Å². The van der Waals surface area contributed by atoms with Crippen molar-refractivity contribution in [2.45, 2.75) is 59.9 Å². The van der Waals surface area contributed by atoms with Crippen LogP contribution in [-0.2, 0) is 20.8 Å². The summed E-state index contributed by atoms with van der Waals surface area (Å²) in [7, 11) is 9.87. The van der Waals surface area contributed by atoms with Gasteiger partial charge in [0.15, 0.2) is 0 Å². The number of hydrogen-bond donors (Lipinski definition) is 1. The summed E-state index contributed by atoms with van der Waals surface area (Å²) in [6, 6.07) is 4.28. The van der Waals surface area contributed by atoms with Gasteiger partial charge in [-0.25, -0.2) is 0 Å². The molecule has 0 bridgehead atoms. The average Bonchev–Trinajstić information content (AvgIpc) is 2.43. The number of aryl methyl sites for hydroxylation is 2. The number of hydrogen-bond acceptors (Lipinski definition) is 2. The van der Waals surface area contributed by atoms with Crippen molar-refractivity contribution in [3.8, 4) is 5.75 Å². The first kappa shape index (κ1) is 22.2. The first-order valence-corrected chi connectivity index (χ1v) is 13.9. The van der Waals surface area contributed by atoms with Crippen molar-refractivity contribution in [3.05, 3.63) is 28.8 Å². The van der Waals surface area contributed by atoms with E-state index in [4.69, 9.17) is 17.0 Å². The molecule has 0 amide bonds. The molecular formula is C17H27Cl2NOZr. The molecule has 1 aromatic carbocycles. The third-order valence-corrected chi connectivity index (χ3v) is 3.50. The number of rotatable bonds is 6. The van der Waals surface area contributed by atoms with Gasteiger partial charge in [0.05, 0.1) is 0 Å². The van der Waals surface area contributed by atoms with Crippen molar-refractivity contribution < 1.29 is 26.0 Å². The molecule has 124 valence electrons. The summed E-state index contributed by atoms with van der Waals surface area (Å²) >= 11 is -0.826. The molecule has 0 aliphatic heterocycles. The predicted octanol–water partition coefficient (Wildman–Crippen LogP) is 6.02. The van der Waals surface area contributed by atoms with Crippen LogP contribution < -0.4 is 0 Å². The van der Waals surface area contributed by atoms with E-state index >= 15 is 0 Å². The Hall–Kier alpha value is 0.153. The number of phenols is 1. The molecule has 0 spiro atoms. The van der Waals surface area contributed by atoms with Crippen LogP contribution in [-0.4, -0.2) is 17.4 Å². The Morgan fingerprint density at radius 2 is 1.68 bits per heavy atom. The second kappa shape index (κ2) is 12.6. The Morgan fingerprint density at radius 1 is 1.14 bits per heavy atom. The van der Waals surface area contributed by atoms with Crippen LogP contribution >= 0.6 is 17.0 Å². The van der Waals surface area contributed by atoms with E-state index in [1.807, 2.05) is 32.2 Å². The third kappa shape index (κ3) is 9.33. The predicted molar refractivity (Wildman–Crippen MR) is 95.0 cm³/mol. The minimum atomic E-state index is -0.826. The molecule has 0 saturated heterocycles. The SMILES string of the molecule is Cc1ccc(C)c(C=NC(C)CCCC(C)C)c1O.[Cl][Zr][Cl]. The van der Waals surface area contributed by atoms with Crippen molar-refractivity contribution in [2.24, 2.45) is 10.9 Å². The van der Waals surface area contributed by atoms with Crippen molar-refractivity contribution in [2.75, 3.05) is 0 Å². The van der Waals surface area contributed by atoms with E-state index in [0.717, 1.165) is 29.0 Å². The first-order valence-electron chi connectivity index (χ1n) is 7.62. The molecule has 22 heavy (non-hydrogen) atoms. The topological polar surface area (TPSA) is 32.6 Å². The van der Waals surface area contributed by atoms with Gasteiger partial charge in [-0.2, -0.15) is 0 Å². The van der Waals surface area contributed by atoms with E-state index in [-0.39, 0.29) is 0 Å². The molecular weight excluding hydrogens is 396 g/mol. The zero-order valence-corrected chi connectivity index (χ0v) is 18.1. The molecule has 5 heteroatoms. The molecule has 0 fully saturated rings. The summed E-state index contributed by atoms with van der Waals surface area (Å²) in [6.45, 7) is 10.6. The normalized spacial score (nSPS) is 12.2. The summed E-state index contributed by atoms with van der Waals surface area (Å²) in [4.78, 5) is 4.57. The number of aromatic hydroxyl groups is 1. The molecule has 1 N–H and O–H groups in total. The Bertz CT molecular complexity index is 464. The molecule has 0 radical (unpaired) electrons. The van der Waals surface area contributed by atoms with Crippen LogP contribution in [0.1, 0.15) is 56.7 Å². The Balaban J connectivity index is 0.00000135. The van der Waals surface area contributed by atoms with Gasteiger partial charge in [-0.15, -0.1) is 0 Å². The number of aliphatic imine (C=N–C) groups is 1. The summed E-state index contributed by atoms with van der Waals surface area (Å²) in [5.41, 5.74) is 2.83. The molecule has 1 rings (SSSR count). The quantitative estimate of drug-likeness (QED) is 0.558. The maximum atomic E-state index is 10.0. The van der Waals surface area contributed by atoms with Gasteiger partial charge in [-0.1, -0.05) is 38.8 Å². The van der Waals surface area contributed by atoms with E-state index in [1.54, 1.807) is 0 Å². The van der Waals surface area contributed by atoms with Crippen LogP contribution in [0.15, 0.2) is 17.1 Å². The van der Waals surface area contributed by atoms with Crippen molar-refractivity contribution >= 4 is 23.2 Å². The fourth-order valence-electron chi connectivity index (χ4n) is 2.08. The molecule has 2 nitrogen and oxygen atoms in total. The van der Waals surface area contributed by atoms with Gasteiger partial charge in [0, 0.05) is 17.8 Å². The fraction of sp³-hybridized carbons (Fsp3) is 0.588. The van der Waals surface area contributed by atoms with Crippen molar-refractivity contribution in [1.82, 2.24) is 0 Å². The molecule has 0 aliphatic rings. The second-order valence-electron chi connectivity index (χ2n) is 5.99. The average molecular weight is 424 g/mol. The standard InChI is InChI=1S/C17H27NO.2ClH.Zr/c1-12(2)7-6-8-15(5)18-11-16-13(3)9-10-14(4)17(16)19;;;/h9-12,15,19H,6-8H2,1-5H3;2*1H;/q;;;+2/p-2. The molecule has 0 aliphatic carbocycles. The number of phenolic OH excluding ortho intramolecular Hbond substituents is 1. The maximum absolute atomic E-state index is 10.0. The Morgan fingerprint density at radius 3 is 2.23 bits per heavy atom. The minimum absolute atomic E-state index is 0.318. The van der Waals surface area contributed by atoms with Gasteiger partial charge in [0.2, 0.25) is 0 Å². The second-order valence-corrected chi connectivity index (χ2v) is 9.72. The van der Waals surface area contributed by atoms with Gasteiger partial charge in [0.1, 0.15) is 5.75 Å². The summed E-state index contributed by atoms with van der Waals surface area (Å²) < 4.78 is 0. The molecule has 0 saturated carbocycles. The zero-order chi connectivity index (χ0) is 17.1. The van der Waals surface area contributed by atoms with Crippen LogP contribution in [0, 0.1) is 19.8 Å². The molecule has 1 aromatic rings. The van der Waals surface area contributed by atoms with Gasteiger partial charge in [0.25, 0.3) is 0 Å². The first-order chi connectivity index (χ1) is 10.3. The number of halogens is 2. The molecule has 0 aromatic heterocycles. The van der Waals surface area contributed by atoms with Crippen LogP contribution in [0.2, 0.25) is 0 Å². The Labute approximate surface area is 154 Å². The summed E-state index contributed by atoms with van der Waals surface area (Å²) in [5.74, 6) is 1.12. The monoisotopic (exact) mass is 421 g/mol. The zero-order valence-electron chi connectivity index (χ0n) is 14.2.